The highest BCUT2D eigenvalue weighted by Crippen LogP contribution is 2.18. The first kappa shape index (κ1) is 15.0. The third kappa shape index (κ3) is 3.81. The molecule has 3 N–H and O–H groups in total. The van der Waals surface area contributed by atoms with Crippen LogP contribution in [0.1, 0.15) is 36.8 Å². The van der Waals surface area contributed by atoms with Crippen LogP contribution in [0.3, 0.4) is 0 Å². The van der Waals surface area contributed by atoms with Crippen LogP contribution in [0.4, 0.5) is 0 Å². The van der Waals surface area contributed by atoms with E-state index >= 15 is 0 Å². The molecule has 1 amide bonds. The highest BCUT2D eigenvalue weighted by molar-refractivity contribution is 5.79. The molecule has 1 saturated heterocycles. The molecule has 1 unspecified atom stereocenters. The number of amides is 1. The fourth-order valence-electron chi connectivity index (χ4n) is 2.76. The zero-order valence-electron chi connectivity index (χ0n) is 11.9. The van der Waals surface area contributed by atoms with Crippen molar-refractivity contribution in [3.63, 3.8) is 0 Å². The smallest absolute Gasteiger partial charge is 0.227 e. The number of aliphatic hydroxyl groups excluding tert-OH is 1. The Kier molecular flexibility index (Phi) is 5.56. The van der Waals surface area contributed by atoms with Crippen molar-refractivity contribution in [1.82, 2.24) is 4.90 Å². The zero-order chi connectivity index (χ0) is 14.4. The molecule has 1 aliphatic rings. The maximum absolute atomic E-state index is 12.4. The number of hydrogen-bond donors (Lipinski definition) is 2. The van der Waals surface area contributed by atoms with E-state index in [1.807, 2.05) is 29.2 Å². The maximum Gasteiger partial charge on any atom is 0.227 e. The van der Waals surface area contributed by atoms with E-state index in [1.165, 1.54) is 0 Å². The maximum atomic E-state index is 12.4. The van der Waals surface area contributed by atoms with Gasteiger partial charge in [0.05, 0.1) is 19.1 Å². The molecule has 1 atom stereocenters. The minimum atomic E-state index is -0.00619. The van der Waals surface area contributed by atoms with Crippen LogP contribution in [0.5, 0.6) is 0 Å². The number of likely N-dealkylation sites (tertiary alicyclic amines) is 1. The fourth-order valence-corrected chi connectivity index (χ4v) is 2.76. The Morgan fingerprint density at radius 1 is 1.20 bits per heavy atom. The summed E-state index contributed by atoms with van der Waals surface area (Å²) in [5.41, 5.74) is 7.65. The molecule has 1 aromatic rings. The molecule has 1 fully saturated rings. The lowest BCUT2D eigenvalue weighted by atomic mass is 10.1. The fraction of sp³-hybridized carbons (Fsp3) is 0.562. The Balaban J connectivity index is 2.01. The summed E-state index contributed by atoms with van der Waals surface area (Å²) in [5, 5.41) is 9.46. The third-order valence-electron chi connectivity index (χ3n) is 4.02. The quantitative estimate of drug-likeness (QED) is 0.874. The highest BCUT2D eigenvalue weighted by Gasteiger charge is 2.24. The van der Waals surface area contributed by atoms with E-state index in [2.05, 4.69) is 0 Å². The van der Waals surface area contributed by atoms with Crippen molar-refractivity contribution in [1.29, 1.82) is 0 Å². The molecule has 2 rings (SSSR count). The van der Waals surface area contributed by atoms with E-state index in [1.54, 1.807) is 0 Å². The van der Waals surface area contributed by atoms with Crippen molar-refractivity contribution < 1.29 is 9.90 Å². The normalized spacial score (nSPS) is 19.7. The molecule has 0 aliphatic carbocycles. The minimum Gasteiger partial charge on any atom is -0.394 e. The van der Waals surface area contributed by atoms with Crippen molar-refractivity contribution in [2.24, 2.45) is 5.73 Å². The monoisotopic (exact) mass is 276 g/mol. The summed E-state index contributed by atoms with van der Waals surface area (Å²) in [6, 6.07) is 7.86. The second kappa shape index (κ2) is 7.41. The molecule has 1 heterocycles. The summed E-state index contributed by atoms with van der Waals surface area (Å²) in [7, 11) is 0. The van der Waals surface area contributed by atoms with Gasteiger partial charge in [0, 0.05) is 13.1 Å². The van der Waals surface area contributed by atoms with Crippen LogP contribution < -0.4 is 5.73 Å². The van der Waals surface area contributed by atoms with Gasteiger partial charge >= 0.3 is 0 Å². The van der Waals surface area contributed by atoms with Gasteiger partial charge in [-0.3, -0.25) is 4.79 Å². The Hall–Kier alpha value is -1.39. The van der Waals surface area contributed by atoms with Crippen LogP contribution in [0.25, 0.3) is 0 Å². The SMILES string of the molecule is NCc1ccc(CC(=O)N2CCCCCC2CO)cc1. The first-order chi connectivity index (χ1) is 9.74. The number of benzene rings is 1. The van der Waals surface area contributed by atoms with Gasteiger partial charge < -0.3 is 15.7 Å². The first-order valence-corrected chi connectivity index (χ1v) is 7.43. The molecule has 4 nitrogen and oxygen atoms in total. The molecule has 110 valence electrons. The van der Waals surface area contributed by atoms with Crippen molar-refractivity contribution in [2.75, 3.05) is 13.2 Å². The van der Waals surface area contributed by atoms with Crippen LogP contribution in [-0.4, -0.2) is 35.1 Å². The van der Waals surface area contributed by atoms with Crippen molar-refractivity contribution in [2.45, 2.75) is 44.7 Å². The van der Waals surface area contributed by atoms with Crippen molar-refractivity contribution in [3.8, 4) is 0 Å². The predicted octanol–water partition coefficient (Wildman–Crippen LogP) is 1.45. The van der Waals surface area contributed by atoms with E-state index in [0.717, 1.165) is 43.4 Å². The Morgan fingerprint density at radius 3 is 2.55 bits per heavy atom. The van der Waals surface area contributed by atoms with Crippen LogP contribution in [0.2, 0.25) is 0 Å². The second-order valence-corrected chi connectivity index (χ2v) is 5.47. The Bertz CT molecular complexity index is 431. The molecule has 0 bridgehead atoms. The lowest BCUT2D eigenvalue weighted by molar-refractivity contribution is -0.133. The lowest BCUT2D eigenvalue weighted by Gasteiger charge is -2.28. The van der Waals surface area contributed by atoms with Crippen LogP contribution in [0.15, 0.2) is 24.3 Å². The summed E-state index contributed by atoms with van der Waals surface area (Å²) in [6.07, 6.45) is 4.59. The molecule has 20 heavy (non-hydrogen) atoms. The van der Waals surface area contributed by atoms with Crippen LogP contribution in [-0.2, 0) is 17.8 Å². The number of carbonyl (C=O) groups is 1. The summed E-state index contributed by atoms with van der Waals surface area (Å²) in [4.78, 5) is 14.3. The lowest BCUT2D eigenvalue weighted by Crippen LogP contribution is -2.42. The van der Waals surface area contributed by atoms with E-state index in [-0.39, 0.29) is 18.6 Å². The van der Waals surface area contributed by atoms with Gasteiger partial charge in [0.1, 0.15) is 0 Å². The largest absolute Gasteiger partial charge is 0.394 e. The summed E-state index contributed by atoms with van der Waals surface area (Å²) < 4.78 is 0. The Labute approximate surface area is 120 Å². The average molecular weight is 276 g/mol. The Morgan fingerprint density at radius 2 is 1.90 bits per heavy atom. The zero-order valence-corrected chi connectivity index (χ0v) is 11.9. The van der Waals surface area contributed by atoms with Gasteiger partial charge in [0.15, 0.2) is 0 Å². The molecule has 0 radical (unpaired) electrons. The van der Waals surface area contributed by atoms with E-state index in [0.29, 0.717) is 13.0 Å². The van der Waals surface area contributed by atoms with E-state index in [4.69, 9.17) is 5.73 Å². The van der Waals surface area contributed by atoms with Crippen LogP contribution >= 0.6 is 0 Å². The van der Waals surface area contributed by atoms with Gasteiger partial charge in [-0.2, -0.15) is 0 Å². The first-order valence-electron chi connectivity index (χ1n) is 7.43. The summed E-state index contributed by atoms with van der Waals surface area (Å²) in [6.45, 7) is 1.36. The number of carbonyl (C=O) groups excluding carboxylic acids is 1. The van der Waals surface area contributed by atoms with Crippen LogP contribution in [0, 0.1) is 0 Å². The second-order valence-electron chi connectivity index (χ2n) is 5.47. The van der Waals surface area contributed by atoms with Gasteiger partial charge in [-0.05, 0) is 24.0 Å². The predicted molar refractivity (Wildman–Crippen MR) is 79.1 cm³/mol. The van der Waals surface area contributed by atoms with Gasteiger partial charge in [-0.1, -0.05) is 37.1 Å². The third-order valence-corrected chi connectivity index (χ3v) is 4.02. The molecule has 0 spiro atoms. The van der Waals surface area contributed by atoms with Gasteiger partial charge in [-0.25, -0.2) is 0 Å². The van der Waals surface area contributed by atoms with E-state index in [9.17, 15) is 9.90 Å². The molecule has 4 heteroatoms. The highest BCUT2D eigenvalue weighted by atomic mass is 16.3. The van der Waals surface area contributed by atoms with Crippen molar-refractivity contribution >= 4 is 5.91 Å². The standard InChI is InChI=1S/C16H24N2O2/c17-11-14-7-5-13(6-8-14)10-16(20)18-9-3-1-2-4-15(18)12-19/h5-8,15,19H,1-4,9-12,17H2. The minimum absolute atomic E-state index is 0.00619. The molecule has 0 aromatic heterocycles. The van der Waals surface area contributed by atoms with Crippen molar-refractivity contribution in [3.05, 3.63) is 35.4 Å². The summed E-state index contributed by atoms with van der Waals surface area (Å²) in [5.74, 6) is 0.117. The topological polar surface area (TPSA) is 66.6 Å². The van der Waals surface area contributed by atoms with Gasteiger partial charge in [0.2, 0.25) is 5.91 Å². The molecule has 1 aromatic carbocycles. The van der Waals surface area contributed by atoms with Gasteiger partial charge in [0.25, 0.3) is 0 Å². The number of rotatable bonds is 4. The summed E-state index contributed by atoms with van der Waals surface area (Å²) >= 11 is 0. The molecular formula is C16H24N2O2. The molecule has 1 aliphatic heterocycles. The number of hydrogen-bond acceptors (Lipinski definition) is 3. The van der Waals surface area contributed by atoms with E-state index < -0.39 is 0 Å². The number of nitrogens with two attached hydrogens (primary N) is 1. The van der Waals surface area contributed by atoms with Gasteiger partial charge in [-0.15, -0.1) is 0 Å². The average Bonchev–Trinajstić information content (AvgIpc) is 2.73. The molecule has 0 saturated carbocycles. The number of aliphatic hydroxyl groups is 1. The number of nitrogens with zero attached hydrogens (tertiary/aromatic N) is 1. The molecular weight excluding hydrogens is 252 g/mol.